The molecule has 0 heterocycles. The number of carbonyl (C=O) groups excluding carboxylic acids is 6. The largest absolute Gasteiger partial charge is 0.481 e. The number of aliphatic carboxylic acids is 3. The van der Waals surface area contributed by atoms with Crippen molar-refractivity contribution >= 4 is 53.4 Å². The SMILES string of the molecule is C[C@H](NC(=O)[C@H](C)NC(=O)[C@H](CCC(=O)O)NC(=O)[C@@H](N)CC(=O)O)C(=O)N[C@@H](Cc1ccc(-c2ccccc2)cc1)C(=O)N[C@@H](CCC(N)=O)C(=O)O. The van der Waals surface area contributed by atoms with E-state index < -0.39 is 109 Å². The van der Waals surface area contributed by atoms with Gasteiger partial charge in [0.05, 0.1) is 12.5 Å². The van der Waals surface area contributed by atoms with Gasteiger partial charge in [0.25, 0.3) is 0 Å². The van der Waals surface area contributed by atoms with Gasteiger partial charge in [-0.3, -0.25) is 38.4 Å². The highest BCUT2D eigenvalue weighted by Crippen LogP contribution is 2.20. The number of rotatable bonds is 22. The van der Waals surface area contributed by atoms with Crippen LogP contribution in [0, 0.1) is 0 Å². The molecule has 0 bridgehead atoms. The number of primary amides is 1. The average molecular weight is 756 g/mol. The number of benzene rings is 2. The van der Waals surface area contributed by atoms with E-state index in [2.05, 4.69) is 26.6 Å². The number of carbonyl (C=O) groups is 9. The molecule has 0 radical (unpaired) electrons. The first-order valence-corrected chi connectivity index (χ1v) is 16.7. The molecule has 19 nitrogen and oxygen atoms in total. The highest BCUT2D eigenvalue weighted by Gasteiger charge is 2.31. The molecule has 0 saturated carbocycles. The van der Waals surface area contributed by atoms with Crippen LogP contribution < -0.4 is 38.1 Å². The molecule has 2 aromatic carbocycles. The van der Waals surface area contributed by atoms with E-state index >= 15 is 0 Å². The average Bonchev–Trinajstić information content (AvgIpc) is 3.11. The summed E-state index contributed by atoms with van der Waals surface area (Å²) in [6.45, 7) is 2.51. The monoisotopic (exact) mass is 755 g/mol. The van der Waals surface area contributed by atoms with Gasteiger partial charge in [-0.1, -0.05) is 54.6 Å². The van der Waals surface area contributed by atoms with Crippen LogP contribution in [0.4, 0.5) is 0 Å². The van der Waals surface area contributed by atoms with Crippen LogP contribution >= 0.6 is 0 Å². The van der Waals surface area contributed by atoms with Gasteiger partial charge in [0.2, 0.25) is 35.4 Å². The van der Waals surface area contributed by atoms with E-state index in [0.717, 1.165) is 11.1 Å². The van der Waals surface area contributed by atoms with Crippen LogP contribution in [0.3, 0.4) is 0 Å². The molecule has 0 fully saturated rings. The molecule has 0 aliphatic heterocycles. The summed E-state index contributed by atoms with van der Waals surface area (Å²) < 4.78 is 0. The molecule has 0 aliphatic rings. The highest BCUT2D eigenvalue weighted by atomic mass is 16.4. The minimum absolute atomic E-state index is 0.110. The van der Waals surface area contributed by atoms with Crippen molar-refractivity contribution in [3.63, 3.8) is 0 Å². The fraction of sp³-hybridized carbons (Fsp3) is 0.400. The van der Waals surface area contributed by atoms with Crippen LogP contribution in [0.15, 0.2) is 54.6 Å². The van der Waals surface area contributed by atoms with E-state index in [1.165, 1.54) is 13.8 Å². The zero-order valence-electron chi connectivity index (χ0n) is 29.6. The van der Waals surface area contributed by atoms with Crippen molar-refractivity contribution in [3.05, 3.63) is 60.2 Å². The quantitative estimate of drug-likeness (QED) is 0.0647. The third kappa shape index (κ3) is 15.1. The van der Waals surface area contributed by atoms with Gasteiger partial charge in [0, 0.05) is 19.3 Å². The van der Waals surface area contributed by atoms with Crippen LogP contribution in [0.25, 0.3) is 11.1 Å². The molecule has 2 rings (SSSR count). The molecule has 6 amide bonds. The van der Waals surface area contributed by atoms with Gasteiger partial charge < -0.3 is 53.4 Å². The summed E-state index contributed by atoms with van der Waals surface area (Å²) in [6.07, 6.45) is -2.52. The van der Waals surface area contributed by atoms with E-state index in [1.807, 2.05) is 30.3 Å². The smallest absolute Gasteiger partial charge is 0.326 e. The molecule has 0 saturated heterocycles. The summed E-state index contributed by atoms with van der Waals surface area (Å²) in [4.78, 5) is 110. The molecule has 12 N–H and O–H groups in total. The summed E-state index contributed by atoms with van der Waals surface area (Å²) in [7, 11) is 0. The Bertz CT molecular complexity index is 1690. The lowest BCUT2D eigenvalue weighted by Crippen LogP contribution is -2.58. The fourth-order valence-corrected chi connectivity index (χ4v) is 4.90. The molecule has 0 unspecified atom stereocenters. The second kappa shape index (κ2) is 21.2. The molecule has 0 spiro atoms. The molecular weight excluding hydrogens is 710 g/mol. The Morgan fingerprint density at radius 3 is 1.59 bits per heavy atom. The topological polar surface area (TPSA) is 327 Å². The number of amides is 6. The summed E-state index contributed by atoms with van der Waals surface area (Å²) in [5, 5.41) is 39.2. The first-order chi connectivity index (χ1) is 25.4. The molecule has 0 aliphatic carbocycles. The van der Waals surface area contributed by atoms with Crippen LogP contribution in [-0.2, 0) is 49.6 Å². The Labute approximate surface area is 309 Å². The van der Waals surface area contributed by atoms with Gasteiger partial charge in [-0.15, -0.1) is 0 Å². The standard InChI is InChI=1S/C35H45N7O12/c1-18(39-33(51)24(13-15-28(44)45)40-32(50)23(36)17-29(46)47)30(48)38-19(2)31(49)42-26(34(52)41-25(35(53)54)12-14-27(37)43)16-20-8-10-22(11-9-20)21-6-4-3-5-7-21/h3-11,18-19,23-26H,12-17,36H2,1-2H3,(H2,37,43)(H,38,48)(H,39,51)(H,40,50)(H,41,52)(H,42,49)(H,44,45)(H,46,47)(H,53,54)/t18-,19-,23-,24-,25-,26-/m0/s1. The van der Waals surface area contributed by atoms with Crippen LogP contribution in [0.2, 0.25) is 0 Å². The first-order valence-electron chi connectivity index (χ1n) is 16.7. The van der Waals surface area contributed by atoms with Gasteiger partial charge in [-0.25, -0.2) is 4.79 Å². The molecule has 292 valence electrons. The lowest BCUT2D eigenvalue weighted by atomic mass is 9.99. The highest BCUT2D eigenvalue weighted by molar-refractivity contribution is 5.96. The Hall–Kier alpha value is -6.37. The molecular formula is C35H45N7O12. The van der Waals surface area contributed by atoms with Crippen LogP contribution in [0.1, 0.15) is 51.5 Å². The summed E-state index contributed by atoms with van der Waals surface area (Å²) in [6, 6.07) is 7.84. The number of hydrogen-bond acceptors (Lipinski definition) is 10. The van der Waals surface area contributed by atoms with Crippen molar-refractivity contribution in [1.82, 2.24) is 26.6 Å². The van der Waals surface area contributed by atoms with Gasteiger partial charge in [-0.05, 0) is 43.4 Å². The number of nitrogens with one attached hydrogen (secondary N) is 5. The van der Waals surface area contributed by atoms with Crippen LogP contribution in [-0.4, -0.2) is 105 Å². The first kappa shape index (κ1) is 43.8. The van der Waals surface area contributed by atoms with Crippen molar-refractivity contribution in [3.8, 4) is 11.1 Å². The van der Waals surface area contributed by atoms with Gasteiger partial charge in [0.15, 0.2) is 0 Å². The third-order valence-electron chi connectivity index (χ3n) is 7.94. The predicted molar refractivity (Wildman–Crippen MR) is 190 cm³/mol. The third-order valence-corrected chi connectivity index (χ3v) is 7.94. The zero-order chi connectivity index (χ0) is 40.5. The van der Waals surface area contributed by atoms with E-state index in [1.54, 1.807) is 24.3 Å². The summed E-state index contributed by atoms with van der Waals surface area (Å²) >= 11 is 0. The molecule has 6 atom stereocenters. The Morgan fingerprint density at radius 1 is 0.574 bits per heavy atom. The number of nitrogens with two attached hydrogens (primary N) is 2. The van der Waals surface area contributed by atoms with Crippen LogP contribution in [0.5, 0.6) is 0 Å². The van der Waals surface area contributed by atoms with Crippen molar-refractivity contribution < 1.29 is 58.5 Å². The second-order valence-corrected chi connectivity index (χ2v) is 12.4. The normalized spacial score (nSPS) is 14.1. The number of carboxylic acid groups (broad SMARTS) is 3. The minimum atomic E-state index is -1.55. The van der Waals surface area contributed by atoms with Gasteiger partial charge >= 0.3 is 17.9 Å². The Morgan fingerprint density at radius 2 is 1.06 bits per heavy atom. The van der Waals surface area contributed by atoms with E-state index in [0.29, 0.717) is 5.56 Å². The summed E-state index contributed by atoms with van der Waals surface area (Å²) in [5.41, 5.74) is 13.1. The van der Waals surface area contributed by atoms with Crippen molar-refractivity contribution in [1.29, 1.82) is 0 Å². The maximum Gasteiger partial charge on any atom is 0.326 e. The van der Waals surface area contributed by atoms with Crippen molar-refractivity contribution in [2.24, 2.45) is 11.5 Å². The fourth-order valence-electron chi connectivity index (χ4n) is 4.90. The van der Waals surface area contributed by atoms with Gasteiger partial charge in [-0.2, -0.15) is 0 Å². The zero-order valence-corrected chi connectivity index (χ0v) is 29.6. The summed E-state index contributed by atoms with van der Waals surface area (Å²) in [5.74, 6) is -9.61. The molecule has 54 heavy (non-hydrogen) atoms. The number of carboxylic acids is 3. The minimum Gasteiger partial charge on any atom is -0.481 e. The predicted octanol–water partition coefficient (Wildman–Crippen LogP) is -1.62. The maximum atomic E-state index is 13.4. The lowest BCUT2D eigenvalue weighted by molar-refractivity contribution is -0.142. The van der Waals surface area contributed by atoms with Crippen molar-refractivity contribution in [2.45, 2.75) is 88.6 Å². The number of hydrogen-bond donors (Lipinski definition) is 10. The van der Waals surface area contributed by atoms with Crippen molar-refractivity contribution in [2.75, 3.05) is 0 Å². The second-order valence-electron chi connectivity index (χ2n) is 12.4. The molecule has 19 heteroatoms. The maximum absolute atomic E-state index is 13.4. The van der Waals surface area contributed by atoms with Gasteiger partial charge in [0.1, 0.15) is 30.2 Å². The van der Waals surface area contributed by atoms with E-state index in [-0.39, 0.29) is 19.3 Å². The molecule has 0 aromatic heterocycles. The Kier molecular flexibility index (Phi) is 17.2. The molecule has 2 aromatic rings. The van der Waals surface area contributed by atoms with E-state index in [9.17, 15) is 48.3 Å². The Balaban J connectivity index is 2.18. The lowest BCUT2D eigenvalue weighted by Gasteiger charge is -2.25. The van der Waals surface area contributed by atoms with E-state index in [4.69, 9.17) is 21.7 Å².